The van der Waals surface area contributed by atoms with Gasteiger partial charge in [-0.05, 0) is 26.7 Å². The lowest BCUT2D eigenvalue weighted by Gasteiger charge is -2.35. The van der Waals surface area contributed by atoms with Crippen LogP contribution in [0.3, 0.4) is 0 Å². The van der Waals surface area contributed by atoms with Crippen molar-refractivity contribution >= 4 is 12.0 Å². The molecule has 1 aliphatic heterocycles. The Balaban J connectivity index is 2.60. The fourth-order valence-electron chi connectivity index (χ4n) is 1.80. The second kappa shape index (κ2) is 5.00. The summed E-state index contributed by atoms with van der Waals surface area (Å²) in [5, 5.41) is 0. The molecule has 0 aromatic carbocycles. The summed E-state index contributed by atoms with van der Waals surface area (Å²) in [6, 6.07) is 0.125. The number of hydrogen-bond acceptors (Lipinski definition) is 3. The van der Waals surface area contributed by atoms with Crippen LogP contribution < -0.4 is 5.73 Å². The largest absolute Gasteiger partial charge is 0.450 e. The van der Waals surface area contributed by atoms with Crippen LogP contribution in [0.4, 0.5) is 4.79 Å². The first-order chi connectivity index (χ1) is 7.06. The van der Waals surface area contributed by atoms with Crippen molar-refractivity contribution in [3.05, 3.63) is 0 Å². The molecule has 1 fully saturated rings. The molecule has 86 valence electrons. The van der Waals surface area contributed by atoms with E-state index in [0.29, 0.717) is 13.2 Å². The van der Waals surface area contributed by atoms with Gasteiger partial charge in [-0.15, -0.1) is 0 Å². The molecular weight excluding hydrogens is 196 g/mol. The van der Waals surface area contributed by atoms with Crippen LogP contribution in [0.1, 0.15) is 26.7 Å². The van der Waals surface area contributed by atoms with E-state index in [1.807, 2.05) is 6.92 Å². The Hall–Kier alpha value is -1.26. The predicted octanol–water partition coefficient (Wildman–Crippen LogP) is 0.729. The summed E-state index contributed by atoms with van der Waals surface area (Å²) in [6.07, 6.45) is 1.20. The molecule has 0 saturated carbocycles. The van der Waals surface area contributed by atoms with E-state index in [2.05, 4.69) is 0 Å². The number of carbonyl (C=O) groups excluding carboxylic acids is 2. The first kappa shape index (κ1) is 11.8. The van der Waals surface area contributed by atoms with E-state index in [9.17, 15) is 9.59 Å². The maximum Gasteiger partial charge on any atom is 0.410 e. The van der Waals surface area contributed by atoms with Crippen molar-refractivity contribution in [2.75, 3.05) is 13.2 Å². The Morgan fingerprint density at radius 2 is 2.13 bits per heavy atom. The maximum absolute atomic E-state index is 11.5. The van der Waals surface area contributed by atoms with Gasteiger partial charge in [0.05, 0.1) is 12.5 Å². The number of carbonyl (C=O) groups is 2. The van der Waals surface area contributed by atoms with E-state index in [4.69, 9.17) is 10.5 Å². The molecule has 1 saturated heterocycles. The molecule has 0 aliphatic carbocycles. The second-order valence-corrected chi connectivity index (χ2v) is 3.88. The van der Waals surface area contributed by atoms with Crippen LogP contribution in [-0.2, 0) is 9.53 Å². The molecule has 0 aromatic heterocycles. The highest BCUT2D eigenvalue weighted by Gasteiger charge is 2.32. The summed E-state index contributed by atoms with van der Waals surface area (Å²) in [5.74, 6) is -0.568. The van der Waals surface area contributed by atoms with Gasteiger partial charge < -0.3 is 15.4 Å². The van der Waals surface area contributed by atoms with Crippen molar-refractivity contribution in [3.63, 3.8) is 0 Å². The number of rotatable bonds is 2. The third-order valence-electron chi connectivity index (χ3n) is 2.79. The SMILES string of the molecule is CCOC(=O)N1CC(C(N)=O)CCC1C. The average molecular weight is 214 g/mol. The lowest BCUT2D eigenvalue weighted by atomic mass is 9.93. The van der Waals surface area contributed by atoms with Crippen LogP contribution in [0.25, 0.3) is 0 Å². The van der Waals surface area contributed by atoms with Crippen molar-refractivity contribution < 1.29 is 14.3 Å². The lowest BCUT2D eigenvalue weighted by Crippen LogP contribution is -2.48. The monoisotopic (exact) mass is 214 g/mol. The molecule has 1 heterocycles. The fourth-order valence-corrected chi connectivity index (χ4v) is 1.80. The highest BCUT2D eigenvalue weighted by Crippen LogP contribution is 2.22. The Morgan fingerprint density at radius 3 is 2.67 bits per heavy atom. The van der Waals surface area contributed by atoms with Crippen molar-refractivity contribution in [2.24, 2.45) is 11.7 Å². The number of primary amides is 1. The van der Waals surface area contributed by atoms with Crippen LogP contribution in [0.2, 0.25) is 0 Å². The van der Waals surface area contributed by atoms with Gasteiger partial charge in [0.25, 0.3) is 0 Å². The first-order valence-electron chi connectivity index (χ1n) is 5.29. The fraction of sp³-hybridized carbons (Fsp3) is 0.800. The van der Waals surface area contributed by atoms with Crippen molar-refractivity contribution in [1.82, 2.24) is 4.90 Å². The number of amides is 2. The van der Waals surface area contributed by atoms with Gasteiger partial charge in [-0.25, -0.2) is 4.79 Å². The van der Waals surface area contributed by atoms with Crippen LogP contribution in [0, 0.1) is 5.92 Å². The van der Waals surface area contributed by atoms with Crippen LogP contribution in [-0.4, -0.2) is 36.1 Å². The number of likely N-dealkylation sites (tertiary alicyclic amines) is 1. The van der Waals surface area contributed by atoms with Crippen LogP contribution in [0.15, 0.2) is 0 Å². The minimum Gasteiger partial charge on any atom is -0.450 e. The summed E-state index contributed by atoms with van der Waals surface area (Å²) in [7, 11) is 0. The zero-order chi connectivity index (χ0) is 11.4. The summed E-state index contributed by atoms with van der Waals surface area (Å²) < 4.78 is 4.91. The number of nitrogens with two attached hydrogens (primary N) is 1. The Labute approximate surface area is 89.6 Å². The number of piperidine rings is 1. The molecule has 2 atom stereocenters. The van der Waals surface area contributed by atoms with Crippen molar-refractivity contribution in [3.8, 4) is 0 Å². The van der Waals surface area contributed by atoms with E-state index < -0.39 is 0 Å². The Morgan fingerprint density at radius 1 is 1.47 bits per heavy atom. The Kier molecular flexibility index (Phi) is 3.94. The van der Waals surface area contributed by atoms with Crippen molar-refractivity contribution in [1.29, 1.82) is 0 Å². The lowest BCUT2D eigenvalue weighted by molar-refractivity contribution is -0.123. The molecule has 15 heavy (non-hydrogen) atoms. The van der Waals surface area contributed by atoms with Gasteiger partial charge in [0.1, 0.15) is 0 Å². The zero-order valence-electron chi connectivity index (χ0n) is 9.23. The molecule has 0 spiro atoms. The quantitative estimate of drug-likeness (QED) is 0.736. The highest BCUT2D eigenvalue weighted by atomic mass is 16.6. The minimum absolute atomic E-state index is 0.125. The molecule has 1 rings (SSSR count). The smallest absolute Gasteiger partial charge is 0.410 e. The van der Waals surface area contributed by atoms with Gasteiger partial charge in [0, 0.05) is 12.6 Å². The summed E-state index contributed by atoms with van der Waals surface area (Å²) in [4.78, 5) is 24.1. The maximum atomic E-state index is 11.5. The third-order valence-corrected chi connectivity index (χ3v) is 2.79. The molecule has 2 N–H and O–H groups in total. The van der Waals surface area contributed by atoms with Crippen LogP contribution in [0.5, 0.6) is 0 Å². The number of ether oxygens (including phenoxy) is 1. The second-order valence-electron chi connectivity index (χ2n) is 3.88. The third kappa shape index (κ3) is 2.84. The summed E-state index contributed by atoms with van der Waals surface area (Å²) in [6.45, 7) is 4.45. The molecule has 5 nitrogen and oxygen atoms in total. The van der Waals surface area contributed by atoms with E-state index in [0.717, 1.165) is 12.8 Å². The average Bonchev–Trinajstić information content (AvgIpc) is 2.18. The predicted molar refractivity (Wildman–Crippen MR) is 55.1 cm³/mol. The molecule has 2 unspecified atom stereocenters. The van der Waals surface area contributed by atoms with Gasteiger partial charge in [-0.1, -0.05) is 0 Å². The first-order valence-corrected chi connectivity index (χ1v) is 5.29. The molecule has 0 bridgehead atoms. The molecule has 0 radical (unpaired) electrons. The summed E-state index contributed by atoms with van der Waals surface area (Å²) in [5.41, 5.74) is 5.23. The molecule has 0 aromatic rings. The molecule has 5 heteroatoms. The van der Waals surface area contributed by atoms with E-state index in [1.165, 1.54) is 0 Å². The van der Waals surface area contributed by atoms with E-state index in [-0.39, 0.29) is 24.0 Å². The molecule has 2 amide bonds. The standard InChI is InChI=1S/C10H18N2O3/c1-3-15-10(14)12-6-8(9(11)13)5-4-7(12)2/h7-8H,3-6H2,1-2H3,(H2,11,13). The van der Waals surface area contributed by atoms with E-state index in [1.54, 1.807) is 11.8 Å². The van der Waals surface area contributed by atoms with Gasteiger partial charge >= 0.3 is 6.09 Å². The van der Waals surface area contributed by atoms with Gasteiger partial charge in [-0.2, -0.15) is 0 Å². The van der Waals surface area contributed by atoms with E-state index >= 15 is 0 Å². The highest BCUT2D eigenvalue weighted by molar-refractivity contribution is 5.78. The Bertz CT molecular complexity index is 255. The molecular formula is C10H18N2O3. The minimum atomic E-state index is -0.351. The van der Waals surface area contributed by atoms with Gasteiger partial charge in [-0.3, -0.25) is 4.79 Å². The number of nitrogens with zero attached hydrogens (tertiary/aromatic N) is 1. The normalized spacial score (nSPS) is 26.1. The summed E-state index contributed by atoms with van der Waals surface area (Å²) >= 11 is 0. The van der Waals surface area contributed by atoms with Gasteiger partial charge in [0.2, 0.25) is 5.91 Å². The van der Waals surface area contributed by atoms with Gasteiger partial charge in [0.15, 0.2) is 0 Å². The number of hydrogen-bond donors (Lipinski definition) is 1. The van der Waals surface area contributed by atoms with Crippen molar-refractivity contribution in [2.45, 2.75) is 32.7 Å². The van der Waals surface area contributed by atoms with Crippen LogP contribution >= 0.6 is 0 Å². The topological polar surface area (TPSA) is 72.6 Å². The zero-order valence-corrected chi connectivity index (χ0v) is 9.23. The molecule has 1 aliphatic rings.